The molecule has 0 nitrogen and oxygen atoms in total. The summed E-state index contributed by atoms with van der Waals surface area (Å²) < 4.78 is 0. The molecule has 0 atom stereocenters. The zero-order chi connectivity index (χ0) is 7.68. The SMILES string of the molecule is [CH2-]c1ccc2ccccc2c1.[Li+]. The Balaban J connectivity index is 0.000000720. The van der Waals surface area contributed by atoms with Crippen LogP contribution < -0.4 is 18.9 Å². The number of hydrogen-bond acceptors (Lipinski definition) is 0. The largest absolute Gasteiger partial charge is 1.00 e. The average molecular weight is 148 g/mol. The molecule has 0 radical (unpaired) electrons. The molecule has 0 aromatic heterocycles. The van der Waals surface area contributed by atoms with Gasteiger partial charge in [-0.25, -0.2) is 0 Å². The summed E-state index contributed by atoms with van der Waals surface area (Å²) >= 11 is 0. The minimum absolute atomic E-state index is 0. The molecule has 2 aromatic carbocycles. The second kappa shape index (κ2) is 3.71. The van der Waals surface area contributed by atoms with Crippen LogP contribution in [0.5, 0.6) is 0 Å². The fraction of sp³-hybridized carbons (Fsp3) is 0. The summed E-state index contributed by atoms with van der Waals surface area (Å²) in [5, 5.41) is 2.54. The first-order valence-electron chi connectivity index (χ1n) is 3.67. The van der Waals surface area contributed by atoms with Gasteiger partial charge in [0.1, 0.15) is 0 Å². The monoisotopic (exact) mass is 148 g/mol. The Morgan fingerprint density at radius 2 is 1.50 bits per heavy atom. The van der Waals surface area contributed by atoms with E-state index in [9.17, 15) is 0 Å². The molecule has 54 valence electrons. The van der Waals surface area contributed by atoms with Gasteiger partial charge in [0.2, 0.25) is 0 Å². The van der Waals surface area contributed by atoms with Crippen LogP contribution in [-0.4, -0.2) is 0 Å². The minimum Gasteiger partial charge on any atom is -0.199 e. The summed E-state index contributed by atoms with van der Waals surface area (Å²) in [7, 11) is 0. The zero-order valence-electron chi connectivity index (χ0n) is 7.25. The van der Waals surface area contributed by atoms with E-state index in [1.165, 1.54) is 10.8 Å². The molecule has 0 bridgehead atoms. The Labute approximate surface area is 84.8 Å². The molecule has 2 rings (SSSR count). The van der Waals surface area contributed by atoms with Crippen molar-refractivity contribution in [2.75, 3.05) is 0 Å². The van der Waals surface area contributed by atoms with Gasteiger partial charge in [-0.1, -0.05) is 29.7 Å². The van der Waals surface area contributed by atoms with Gasteiger partial charge in [0.05, 0.1) is 0 Å². The smallest absolute Gasteiger partial charge is 0.199 e. The number of benzene rings is 2. The van der Waals surface area contributed by atoms with Gasteiger partial charge in [0.25, 0.3) is 0 Å². The van der Waals surface area contributed by atoms with Crippen molar-refractivity contribution >= 4 is 10.8 Å². The van der Waals surface area contributed by atoms with Crippen LogP contribution in [0.2, 0.25) is 0 Å². The van der Waals surface area contributed by atoms with E-state index >= 15 is 0 Å². The van der Waals surface area contributed by atoms with Crippen LogP contribution in [0.4, 0.5) is 0 Å². The third kappa shape index (κ3) is 1.66. The topological polar surface area (TPSA) is 0 Å². The van der Waals surface area contributed by atoms with E-state index in [1.807, 2.05) is 18.2 Å². The van der Waals surface area contributed by atoms with Crippen molar-refractivity contribution in [3.63, 3.8) is 0 Å². The molecular formula is C11H9Li. The van der Waals surface area contributed by atoms with Crippen molar-refractivity contribution in [1.29, 1.82) is 0 Å². The van der Waals surface area contributed by atoms with Crippen LogP contribution in [0.15, 0.2) is 42.5 Å². The molecule has 0 spiro atoms. The Bertz CT molecular complexity index is 379. The molecule has 0 saturated carbocycles. The van der Waals surface area contributed by atoms with Crippen molar-refractivity contribution in [3.05, 3.63) is 55.0 Å². The van der Waals surface area contributed by atoms with Crippen molar-refractivity contribution < 1.29 is 18.9 Å². The summed E-state index contributed by atoms with van der Waals surface area (Å²) in [6.07, 6.45) is 0. The van der Waals surface area contributed by atoms with Crippen LogP contribution in [0.3, 0.4) is 0 Å². The maximum Gasteiger partial charge on any atom is 1.00 e. The van der Waals surface area contributed by atoms with Crippen LogP contribution in [0, 0.1) is 6.92 Å². The first-order valence-corrected chi connectivity index (χ1v) is 3.67. The van der Waals surface area contributed by atoms with E-state index in [4.69, 9.17) is 0 Å². The molecule has 0 saturated heterocycles. The van der Waals surface area contributed by atoms with E-state index < -0.39 is 0 Å². The van der Waals surface area contributed by atoms with E-state index in [0.29, 0.717) is 0 Å². The van der Waals surface area contributed by atoms with E-state index in [2.05, 4.69) is 31.2 Å². The molecule has 0 heterocycles. The van der Waals surface area contributed by atoms with Gasteiger partial charge in [-0.05, 0) is 5.39 Å². The molecule has 0 aliphatic carbocycles. The summed E-state index contributed by atoms with van der Waals surface area (Å²) in [4.78, 5) is 0. The summed E-state index contributed by atoms with van der Waals surface area (Å²) in [6, 6.07) is 14.5. The maximum absolute atomic E-state index is 3.87. The van der Waals surface area contributed by atoms with Crippen molar-refractivity contribution in [2.24, 2.45) is 0 Å². The van der Waals surface area contributed by atoms with E-state index in [1.54, 1.807) is 0 Å². The third-order valence-corrected chi connectivity index (χ3v) is 1.81. The van der Waals surface area contributed by atoms with E-state index in [0.717, 1.165) is 5.56 Å². The Morgan fingerprint density at radius 1 is 0.833 bits per heavy atom. The van der Waals surface area contributed by atoms with Crippen LogP contribution in [-0.2, 0) is 0 Å². The first-order chi connectivity index (χ1) is 5.36. The van der Waals surface area contributed by atoms with Crippen molar-refractivity contribution in [1.82, 2.24) is 0 Å². The van der Waals surface area contributed by atoms with Gasteiger partial charge in [-0.2, -0.15) is 24.6 Å². The Kier molecular flexibility index (Phi) is 2.87. The van der Waals surface area contributed by atoms with Gasteiger partial charge in [-0.15, -0.1) is 6.07 Å². The molecule has 2 aromatic rings. The third-order valence-electron chi connectivity index (χ3n) is 1.81. The molecule has 0 aliphatic heterocycles. The summed E-state index contributed by atoms with van der Waals surface area (Å²) in [5.74, 6) is 0. The number of fused-ring (bicyclic) bond motifs is 1. The quantitative estimate of drug-likeness (QED) is 0.365. The predicted octanol–water partition coefficient (Wildman–Crippen LogP) is 0.0260. The summed E-state index contributed by atoms with van der Waals surface area (Å²) in [5.41, 5.74) is 1.07. The van der Waals surface area contributed by atoms with Crippen LogP contribution >= 0.6 is 0 Å². The molecule has 0 aliphatic rings. The second-order valence-electron chi connectivity index (χ2n) is 2.68. The molecule has 0 N–H and O–H groups in total. The van der Waals surface area contributed by atoms with Gasteiger partial charge in [0, 0.05) is 0 Å². The fourth-order valence-electron chi connectivity index (χ4n) is 1.24. The standard InChI is InChI=1S/C11H9.Li/c1-9-6-7-10-4-2-3-5-11(10)8-9;/h2-8H,1H2;/q-1;+1. The predicted molar refractivity (Wildman–Crippen MR) is 48.4 cm³/mol. The Hall–Kier alpha value is -0.833. The molecule has 0 amide bonds. The second-order valence-corrected chi connectivity index (χ2v) is 2.68. The zero-order valence-corrected chi connectivity index (χ0v) is 7.25. The van der Waals surface area contributed by atoms with Crippen LogP contribution in [0.25, 0.3) is 10.8 Å². The van der Waals surface area contributed by atoms with Gasteiger partial charge in [0.15, 0.2) is 0 Å². The number of hydrogen-bond donors (Lipinski definition) is 0. The minimum atomic E-state index is 0. The molecule has 0 fully saturated rings. The molecule has 1 heteroatoms. The number of rotatable bonds is 0. The normalized spacial score (nSPS) is 9.33. The van der Waals surface area contributed by atoms with Gasteiger partial charge in [-0.3, -0.25) is 0 Å². The maximum atomic E-state index is 3.87. The molecule has 0 unspecified atom stereocenters. The van der Waals surface area contributed by atoms with Gasteiger partial charge >= 0.3 is 18.9 Å². The average Bonchev–Trinajstić information content (AvgIpc) is 2.04. The first kappa shape index (κ1) is 9.26. The van der Waals surface area contributed by atoms with Crippen molar-refractivity contribution in [2.45, 2.75) is 0 Å². The molecular weight excluding hydrogens is 139 g/mol. The summed E-state index contributed by atoms with van der Waals surface area (Å²) in [6.45, 7) is 3.87. The van der Waals surface area contributed by atoms with Crippen LogP contribution in [0.1, 0.15) is 5.56 Å². The molecule has 12 heavy (non-hydrogen) atoms. The van der Waals surface area contributed by atoms with Crippen molar-refractivity contribution in [3.8, 4) is 0 Å². The van der Waals surface area contributed by atoms with E-state index in [-0.39, 0.29) is 18.9 Å². The Morgan fingerprint density at radius 3 is 2.25 bits per heavy atom. The fourth-order valence-corrected chi connectivity index (χ4v) is 1.24. The van der Waals surface area contributed by atoms with Gasteiger partial charge < -0.3 is 0 Å².